The largest absolute Gasteiger partial charge is 0.479 e. The first-order chi connectivity index (χ1) is 27.4. The summed E-state index contributed by atoms with van der Waals surface area (Å²) in [6.45, 7) is 1.45. The Morgan fingerprint density at radius 1 is 0.737 bits per heavy atom. The molecule has 19 heteroatoms. The number of amides is 3. The normalized spacial score (nSPS) is 20.3. The first kappa shape index (κ1) is 44.4. The third-order valence-corrected chi connectivity index (χ3v) is 8.45. The molecule has 0 radical (unpaired) electrons. The number of carboxylic acid groups (broad SMARTS) is 1. The number of rotatable bonds is 23. The number of carbonyl (C=O) groups excluding carboxylic acids is 5. The van der Waals surface area contributed by atoms with Gasteiger partial charge in [0.05, 0.1) is 33.0 Å². The van der Waals surface area contributed by atoms with Gasteiger partial charge in [0.1, 0.15) is 37.3 Å². The second-order valence-electron chi connectivity index (χ2n) is 12.6. The standard InChI is InChI=1S/C38H46N2O17/c41-28(12-14-40-29(42)10-11-30(40)43)39-13-16-52-18-20-53-19-17-51-15-4-7-24-8-9-27(56-38-33(46)31(44)32(45)34(57-38)35(47)48)26(21-24)23-55-37(50)36(49)54-22-25-5-2-1-3-6-25/h1-3,5-6,8-11,21,31-34,38,44-46H,4,7,12-20,22-23H2,(H,39,41)(H,47,48)/t31-,32-,33+,34-,38+/m0/s1. The number of nitrogens with one attached hydrogen (secondary N) is 1. The average Bonchev–Trinajstić information content (AvgIpc) is 3.53. The molecule has 3 amide bonds. The summed E-state index contributed by atoms with van der Waals surface area (Å²) in [5.41, 5.74) is 1.61. The highest BCUT2D eigenvalue weighted by Gasteiger charge is 2.48. The SMILES string of the molecule is O=C(CCN1C(=O)C=CC1=O)NCCOCCOCCOCCCc1ccc(O[C@@H]2O[C@H](C(=O)O)[C@@H](O)[C@H](O)[C@H]2O)c(COC(=O)C(=O)OCc2ccccc2)c1. The van der Waals surface area contributed by atoms with Crippen molar-refractivity contribution in [2.75, 3.05) is 52.7 Å². The van der Waals surface area contributed by atoms with Gasteiger partial charge in [-0.3, -0.25) is 19.3 Å². The van der Waals surface area contributed by atoms with Crippen LogP contribution < -0.4 is 10.1 Å². The molecule has 2 aliphatic heterocycles. The molecular formula is C38H46N2O17. The van der Waals surface area contributed by atoms with E-state index in [0.29, 0.717) is 51.4 Å². The fourth-order valence-electron chi connectivity index (χ4n) is 5.41. The van der Waals surface area contributed by atoms with Gasteiger partial charge in [0.2, 0.25) is 12.2 Å². The minimum Gasteiger partial charge on any atom is -0.479 e. The second kappa shape index (κ2) is 23.1. The van der Waals surface area contributed by atoms with Crippen LogP contribution in [0.5, 0.6) is 5.75 Å². The molecule has 1 saturated heterocycles. The smallest absolute Gasteiger partial charge is 0.417 e. The second-order valence-corrected chi connectivity index (χ2v) is 12.6. The Kier molecular flexibility index (Phi) is 18.0. The van der Waals surface area contributed by atoms with Crippen LogP contribution in [0.25, 0.3) is 0 Å². The average molecular weight is 803 g/mol. The zero-order chi connectivity index (χ0) is 41.2. The summed E-state index contributed by atoms with van der Waals surface area (Å²) in [7, 11) is 0. The van der Waals surface area contributed by atoms with E-state index < -0.39 is 67.0 Å². The van der Waals surface area contributed by atoms with Crippen molar-refractivity contribution in [2.45, 2.75) is 63.2 Å². The maximum Gasteiger partial charge on any atom is 0.417 e. The molecule has 0 saturated carbocycles. The highest BCUT2D eigenvalue weighted by molar-refractivity contribution is 6.29. The number of aliphatic hydroxyl groups is 3. The van der Waals surface area contributed by atoms with Crippen LogP contribution in [0.15, 0.2) is 60.7 Å². The van der Waals surface area contributed by atoms with Crippen molar-refractivity contribution in [3.05, 3.63) is 77.4 Å². The van der Waals surface area contributed by atoms with Crippen LogP contribution in [-0.4, -0.2) is 144 Å². The van der Waals surface area contributed by atoms with Gasteiger partial charge >= 0.3 is 17.9 Å². The number of carboxylic acids is 1. The predicted octanol–water partition coefficient (Wildman–Crippen LogP) is -0.842. The molecule has 2 heterocycles. The molecule has 4 rings (SSSR count). The summed E-state index contributed by atoms with van der Waals surface area (Å²) < 4.78 is 37.7. The van der Waals surface area contributed by atoms with Gasteiger partial charge in [-0.15, -0.1) is 0 Å². The summed E-state index contributed by atoms with van der Waals surface area (Å²) in [6, 6.07) is 13.4. The number of aliphatic carboxylic acids is 1. The molecule has 310 valence electrons. The van der Waals surface area contributed by atoms with E-state index in [9.17, 15) is 49.2 Å². The minimum absolute atomic E-state index is 0.00336. The van der Waals surface area contributed by atoms with Crippen LogP contribution in [-0.2, 0) is 76.8 Å². The monoisotopic (exact) mass is 802 g/mol. The summed E-state index contributed by atoms with van der Waals surface area (Å²) in [5.74, 6) is -5.31. The van der Waals surface area contributed by atoms with E-state index in [1.165, 1.54) is 6.07 Å². The maximum atomic E-state index is 12.5. The number of benzene rings is 2. The lowest BCUT2D eigenvalue weighted by molar-refractivity contribution is -0.271. The summed E-state index contributed by atoms with van der Waals surface area (Å²) in [4.78, 5) is 72.2. The maximum absolute atomic E-state index is 12.5. The van der Waals surface area contributed by atoms with E-state index in [-0.39, 0.29) is 49.9 Å². The van der Waals surface area contributed by atoms with Crippen molar-refractivity contribution in [2.24, 2.45) is 0 Å². The number of hydrogen-bond donors (Lipinski definition) is 5. The quantitative estimate of drug-likeness (QED) is 0.0397. The van der Waals surface area contributed by atoms with Crippen LogP contribution in [0.1, 0.15) is 29.5 Å². The van der Waals surface area contributed by atoms with Gasteiger partial charge in [0.15, 0.2) is 6.10 Å². The molecular weight excluding hydrogens is 756 g/mol. The number of aliphatic hydroxyl groups excluding tert-OH is 3. The molecule has 0 aromatic heterocycles. The molecule has 5 atom stereocenters. The summed E-state index contributed by atoms with van der Waals surface area (Å²) in [6.07, 6.45) is -5.93. The van der Waals surface area contributed by atoms with Crippen LogP contribution in [0.2, 0.25) is 0 Å². The molecule has 0 aliphatic carbocycles. The van der Waals surface area contributed by atoms with Gasteiger partial charge in [-0.1, -0.05) is 36.4 Å². The van der Waals surface area contributed by atoms with Gasteiger partial charge in [0, 0.05) is 43.8 Å². The number of aryl methyl sites for hydroxylation is 1. The van der Waals surface area contributed by atoms with Crippen LogP contribution in [0, 0.1) is 0 Å². The molecule has 2 aromatic carbocycles. The molecule has 0 unspecified atom stereocenters. The number of hydrogen-bond acceptors (Lipinski definition) is 16. The Bertz CT molecular complexity index is 1690. The van der Waals surface area contributed by atoms with E-state index in [1.54, 1.807) is 42.5 Å². The third-order valence-electron chi connectivity index (χ3n) is 8.45. The Balaban J connectivity index is 1.16. The molecule has 2 aliphatic rings. The molecule has 2 aromatic rings. The van der Waals surface area contributed by atoms with Gasteiger partial charge in [0.25, 0.3) is 11.8 Å². The van der Waals surface area contributed by atoms with Crippen molar-refractivity contribution in [1.82, 2.24) is 10.2 Å². The highest BCUT2D eigenvalue weighted by Crippen LogP contribution is 2.28. The van der Waals surface area contributed by atoms with Gasteiger partial charge in [-0.25, -0.2) is 14.4 Å². The van der Waals surface area contributed by atoms with Gasteiger partial charge in [-0.2, -0.15) is 0 Å². The van der Waals surface area contributed by atoms with E-state index in [0.717, 1.165) is 22.6 Å². The zero-order valence-electron chi connectivity index (χ0n) is 30.9. The fourth-order valence-corrected chi connectivity index (χ4v) is 5.41. The van der Waals surface area contributed by atoms with E-state index >= 15 is 0 Å². The lowest BCUT2D eigenvalue weighted by atomic mass is 9.99. The van der Waals surface area contributed by atoms with Crippen LogP contribution in [0.3, 0.4) is 0 Å². The Hall–Kier alpha value is -5.28. The van der Waals surface area contributed by atoms with Crippen LogP contribution in [0.4, 0.5) is 0 Å². The topological polar surface area (TPSA) is 263 Å². The molecule has 5 N–H and O–H groups in total. The van der Waals surface area contributed by atoms with E-state index in [4.69, 9.17) is 33.2 Å². The number of ether oxygens (including phenoxy) is 7. The van der Waals surface area contributed by atoms with Gasteiger partial charge in [-0.05, 0) is 36.1 Å². The van der Waals surface area contributed by atoms with E-state index in [2.05, 4.69) is 5.32 Å². The Labute approximate surface area is 327 Å². The van der Waals surface area contributed by atoms with Crippen molar-refractivity contribution < 1.29 is 82.4 Å². The number of nitrogens with zero attached hydrogens (tertiary/aromatic N) is 1. The number of esters is 2. The van der Waals surface area contributed by atoms with Gasteiger partial charge < -0.3 is 58.9 Å². The lowest BCUT2D eigenvalue weighted by Crippen LogP contribution is -2.61. The first-order valence-corrected chi connectivity index (χ1v) is 18.1. The fraction of sp³-hybridized carbons (Fsp3) is 0.474. The predicted molar refractivity (Wildman–Crippen MR) is 192 cm³/mol. The molecule has 0 spiro atoms. The van der Waals surface area contributed by atoms with Crippen molar-refractivity contribution in [3.63, 3.8) is 0 Å². The summed E-state index contributed by atoms with van der Waals surface area (Å²) >= 11 is 0. The molecule has 19 nitrogen and oxygen atoms in total. The van der Waals surface area contributed by atoms with Crippen LogP contribution >= 0.6 is 0 Å². The Morgan fingerprint density at radius 3 is 2.04 bits per heavy atom. The summed E-state index contributed by atoms with van der Waals surface area (Å²) in [5, 5.41) is 42.7. The highest BCUT2D eigenvalue weighted by atomic mass is 16.7. The van der Waals surface area contributed by atoms with Crippen molar-refractivity contribution in [1.29, 1.82) is 0 Å². The lowest BCUT2D eigenvalue weighted by Gasteiger charge is -2.38. The number of carbonyl (C=O) groups is 6. The van der Waals surface area contributed by atoms with Crippen molar-refractivity contribution >= 4 is 35.6 Å². The third kappa shape index (κ3) is 14.3. The minimum atomic E-state index is -1.93. The molecule has 57 heavy (non-hydrogen) atoms. The zero-order valence-corrected chi connectivity index (χ0v) is 30.9. The molecule has 0 bridgehead atoms. The molecule has 1 fully saturated rings. The first-order valence-electron chi connectivity index (χ1n) is 18.1. The van der Waals surface area contributed by atoms with E-state index in [1.807, 2.05) is 0 Å². The van der Waals surface area contributed by atoms with Crippen molar-refractivity contribution in [3.8, 4) is 5.75 Å². The number of imide groups is 1. The Morgan fingerprint density at radius 2 is 1.37 bits per heavy atom.